The van der Waals surface area contributed by atoms with Gasteiger partial charge < -0.3 is 5.32 Å². The van der Waals surface area contributed by atoms with E-state index >= 15 is 0 Å². The fourth-order valence-corrected chi connectivity index (χ4v) is 4.60. The number of rotatable bonds is 5. The molecule has 5 nitrogen and oxygen atoms in total. The highest BCUT2D eigenvalue weighted by atomic mass is 32.2. The van der Waals surface area contributed by atoms with Crippen LogP contribution in [0.3, 0.4) is 0 Å². The number of amides is 1. The standard InChI is InChI=1S/C22H18FN3O2S2/c1-13-4-3-5-18(14(13)2)26-21(28)20-17(10-11-29-20)25-22(26)30-12-19(27)24-16-8-6-15(23)7-9-16/h3-11H,12H2,1-2H3,(H,24,27). The second kappa shape index (κ2) is 8.41. The van der Waals surface area contributed by atoms with Crippen molar-refractivity contribution in [3.8, 4) is 5.69 Å². The summed E-state index contributed by atoms with van der Waals surface area (Å²) < 4.78 is 15.2. The van der Waals surface area contributed by atoms with E-state index in [2.05, 4.69) is 10.3 Å². The quantitative estimate of drug-likeness (QED) is 0.354. The summed E-state index contributed by atoms with van der Waals surface area (Å²) in [5, 5.41) is 5.01. The van der Waals surface area contributed by atoms with Gasteiger partial charge in [-0.2, -0.15) is 0 Å². The maximum atomic E-state index is 13.2. The fraction of sp³-hybridized carbons (Fsp3) is 0.136. The second-order valence-corrected chi connectivity index (χ2v) is 8.59. The van der Waals surface area contributed by atoms with Gasteiger partial charge in [-0.25, -0.2) is 9.37 Å². The van der Waals surface area contributed by atoms with Gasteiger partial charge >= 0.3 is 0 Å². The Kier molecular flexibility index (Phi) is 5.69. The highest BCUT2D eigenvalue weighted by molar-refractivity contribution is 7.99. The number of benzene rings is 2. The van der Waals surface area contributed by atoms with Crippen molar-refractivity contribution in [2.45, 2.75) is 19.0 Å². The first-order valence-electron chi connectivity index (χ1n) is 9.19. The number of aryl methyl sites for hydroxylation is 1. The van der Waals surface area contributed by atoms with Crippen molar-refractivity contribution in [3.05, 3.63) is 81.2 Å². The van der Waals surface area contributed by atoms with Crippen molar-refractivity contribution in [1.82, 2.24) is 9.55 Å². The van der Waals surface area contributed by atoms with Crippen molar-refractivity contribution < 1.29 is 9.18 Å². The second-order valence-electron chi connectivity index (χ2n) is 6.73. The van der Waals surface area contributed by atoms with Gasteiger partial charge in [0, 0.05) is 5.69 Å². The fourth-order valence-electron chi connectivity index (χ4n) is 3.04. The first-order chi connectivity index (χ1) is 14.4. The maximum absolute atomic E-state index is 13.2. The largest absolute Gasteiger partial charge is 0.325 e. The molecule has 0 spiro atoms. The molecule has 8 heteroatoms. The van der Waals surface area contributed by atoms with E-state index < -0.39 is 0 Å². The molecule has 0 fully saturated rings. The van der Waals surface area contributed by atoms with Crippen LogP contribution in [-0.4, -0.2) is 21.2 Å². The highest BCUT2D eigenvalue weighted by Gasteiger charge is 2.17. The van der Waals surface area contributed by atoms with E-state index in [9.17, 15) is 14.0 Å². The van der Waals surface area contributed by atoms with Gasteiger partial charge in [0.1, 0.15) is 10.5 Å². The Labute approximate surface area is 180 Å². The van der Waals surface area contributed by atoms with E-state index in [1.54, 1.807) is 10.6 Å². The molecule has 2 aromatic carbocycles. The summed E-state index contributed by atoms with van der Waals surface area (Å²) in [6.07, 6.45) is 0. The molecule has 0 radical (unpaired) electrons. The molecule has 0 aliphatic heterocycles. The van der Waals surface area contributed by atoms with Crippen LogP contribution in [0.1, 0.15) is 11.1 Å². The lowest BCUT2D eigenvalue weighted by Gasteiger charge is -2.15. The summed E-state index contributed by atoms with van der Waals surface area (Å²) in [5.41, 5.74) is 3.78. The normalized spacial score (nSPS) is 11.0. The topological polar surface area (TPSA) is 64.0 Å². The molecule has 2 aromatic heterocycles. The molecule has 1 amide bonds. The summed E-state index contributed by atoms with van der Waals surface area (Å²) >= 11 is 2.54. The van der Waals surface area contributed by atoms with E-state index in [0.717, 1.165) is 16.8 Å². The van der Waals surface area contributed by atoms with Crippen LogP contribution in [0.15, 0.2) is 63.9 Å². The SMILES string of the molecule is Cc1cccc(-n2c(SCC(=O)Nc3ccc(F)cc3)nc3ccsc3c2=O)c1C. The molecular formula is C22H18FN3O2S2. The average molecular weight is 440 g/mol. The number of carbonyl (C=O) groups is 1. The molecule has 1 N–H and O–H groups in total. The Hall–Kier alpha value is -2.97. The predicted molar refractivity (Wildman–Crippen MR) is 120 cm³/mol. The zero-order valence-corrected chi connectivity index (χ0v) is 17.9. The van der Waals surface area contributed by atoms with E-state index in [1.165, 1.54) is 47.4 Å². The number of hydrogen-bond acceptors (Lipinski definition) is 5. The number of nitrogens with zero attached hydrogens (tertiary/aromatic N) is 2. The lowest BCUT2D eigenvalue weighted by molar-refractivity contribution is -0.113. The summed E-state index contributed by atoms with van der Waals surface area (Å²) in [7, 11) is 0. The zero-order valence-electron chi connectivity index (χ0n) is 16.3. The van der Waals surface area contributed by atoms with Crippen LogP contribution < -0.4 is 10.9 Å². The summed E-state index contributed by atoms with van der Waals surface area (Å²) in [4.78, 5) is 30.3. The number of hydrogen-bond donors (Lipinski definition) is 1. The number of anilines is 1. The van der Waals surface area contributed by atoms with Crippen LogP contribution in [0, 0.1) is 19.7 Å². The minimum atomic E-state index is -0.367. The number of thiophene rings is 1. The van der Waals surface area contributed by atoms with E-state index in [-0.39, 0.29) is 23.0 Å². The van der Waals surface area contributed by atoms with E-state index in [0.29, 0.717) is 21.1 Å². The number of carbonyl (C=O) groups excluding carboxylic acids is 1. The lowest BCUT2D eigenvalue weighted by atomic mass is 10.1. The van der Waals surface area contributed by atoms with Gasteiger partial charge in [0.2, 0.25) is 5.91 Å². The van der Waals surface area contributed by atoms with Gasteiger partial charge in [-0.1, -0.05) is 23.9 Å². The number of nitrogens with one attached hydrogen (secondary N) is 1. The molecule has 0 aliphatic rings. The molecule has 30 heavy (non-hydrogen) atoms. The van der Waals surface area contributed by atoms with Crippen molar-refractivity contribution in [3.63, 3.8) is 0 Å². The molecule has 4 rings (SSSR count). The minimum absolute atomic E-state index is 0.0598. The smallest absolute Gasteiger partial charge is 0.276 e. The molecule has 0 aliphatic carbocycles. The monoisotopic (exact) mass is 439 g/mol. The lowest BCUT2D eigenvalue weighted by Crippen LogP contribution is -2.23. The van der Waals surface area contributed by atoms with Gasteiger partial charge in [0.05, 0.1) is 17.0 Å². The van der Waals surface area contributed by atoms with Crippen molar-refractivity contribution in [2.24, 2.45) is 0 Å². The Morgan fingerprint density at radius 2 is 1.93 bits per heavy atom. The summed E-state index contributed by atoms with van der Waals surface area (Å²) in [6, 6.07) is 13.1. The van der Waals surface area contributed by atoms with Gasteiger partial charge in [-0.3, -0.25) is 14.2 Å². The van der Waals surface area contributed by atoms with Crippen LogP contribution in [0.25, 0.3) is 15.9 Å². The molecule has 0 saturated carbocycles. The number of fused-ring (bicyclic) bond motifs is 1. The Morgan fingerprint density at radius 1 is 1.17 bits per heavy atom. The number of halogens is 1. The molecule has 0 saturated heterocycles. The zero-order chi connectivity index (χ0) is 21.3. The van der Waals surface area contributed by atoms with Crippen LogP contribution in [0.4, 0.5) is 10.1 Å². The van der Waals surface area contributed by atoms with E-state index in [4.69, 9.17) is 0 Å². The predicted octanol–water partition coefficient (Wildman–Crippen LogP) is 4.93. The maximum Gasteiger partial charge on any atom is 0.276 e. The van der Waals surface area contributed by atoms with Crippen LogP contribution >= 0.6 is 23.1 Å². The first kappa shape index (κ1) is 20.3. The molecule has 152 valence electrons. The van der Waals surface area contributed by atoms with E-state index in [1.807, 2.05) is 37.4 Å². The van der Waals surface area contributed by atoms with Gasteiger partial charge in [-0.15, -0.1) is 11.3 Å². The Bertz CT molecular complexity index is 1300. The third kappa shape index (κ3) is 4.01. The third-order valence-electron chi connectivity index (χ3n) is 4.73. The molecule has 0 unspecified atom stereocenters. The van der Waals surface area contributed by atoms with Gasteiger partial charge in [-0.05, 0) is 66.8 Å². The van der Waals surface area contributed by atoms with Crippen molar-refractivity contribution >= 4 is 44.9 Å². The summed E-state index contributed by atoms with van der Waals surface area (Å²) in [6.45, 7) is 3.95. The minimum Gasteiger partial charge on any atom is -0.325 e. The van der Waals surface area contributed by atoms with Gasteiger partial charge in [0.25, 0.3) is 5.56 Å². The van der Waals surface area contributed by atoms with Crippen LogP contribution in [-0.2, 0) is 4.79 Å². The van der Waals surface area contributed by atoms with Crippen LogP contribution in [0.5, 0.6) is 0 Å². The van der Waals surface area contributed by atoms with Gasteiger partial charge in [0.15, 0.2) is 5.16 Å². The summed E-state index contributed by atoms with van der Waals surface area (Å²) in [5.74, 6) is -0.573. The van der Waals surface area contributed by atoms with Crippen molar-refractivity contribution in [2.75, 3.05) is 11.1 Å². The highest BCUT2D eigenvalue weighted by Crippen LogP contribution is 2.26. The van der Waals surface area contributed by atoms with Crippen molar-refractivity contribution in [1.29, 1.82) is 0 Å². The van der Waals surface area contributed by atoms with Crippen LogP contribution in [0.2, 0.25) is 0 Å². The molecule has 2 heterocycles. The molecule has 4 aromatic rings. The molecular weight excluding hydrogens is 421 g/mol. The molecule has 0 bridgehead atoms. The first-order valence-corrected chi connectivity index (χ1v) is 11.1. The Balaban J connectivity index is 1.67. The third-order valence-corrected chi connectivity index (χ3v) is 6.56. The molecule has 0 atom stereocenters. The Morgan fingerprint density at radius 3 is 2.70 bits per heavy atom. The average Bonchev–Trinajstić information content (AvgIpc) is 3.20. The number of thioether (sulfide) groups is 1. The number of aromatic nitrogens is 2.